The largest absolute Gasteiger partial charge is 0.497 e. The van der Waals surface area contributed by atoms with Crippen molar-refractivity contribution >= 4 is 5.91 Å². The fourth-order valence-electron chi connectivity index (χ4n) is 2.96. The maximum Gasteiger partial charge on any atom is 0.222 e. The zero-order chi connectivity index (χ0) is 16.1. The van der Waals surface area contributed by atoms with Crippen molar-refractivity contribution in [1.29, 1.82) is 0 Å². The summed E-state index contributed by atoms with van der Waals surface area (Å²) in [6, 6.07) is 7.86. The number of likely N-dealkylation sites (tertiary alicyclic amines) is 1. The minimum atomic E-state index is 0.187. The number of tetrazole rings is 1. The van der Waals surface area contributed by atoms with Gasteiger partial charge in [0.1, 0.15) is 5.75 Å². The molecule has 7 nitrogen and oxygen atoms in total. The summed E-state index contributed by atoms with van der Waals surface area (Å²) >= 11 is 0. The van der Waals surface area contributed by atoms with Crippen molar-refractivity contribution < 1.29 is 9.53 Å². The van der Waals surface area contributed by atoms with Gasteiger partial charge >= 0.3 is 0 Å². The molecular formula is C16H21N5O2. The van der Waals surface area contributed by atoms with E-state index in [0.717, 1.165) is 37.1 Å². The second kappa shape index (κ2) is 7.21. The Balaban J connectivity index is 1.53. The van der Waals surface area contributed by atoms with Crippen molar-refractivity contribution in [1.82, 2.24) is 25.5 Å². The number of nitrogens with one attached hydrogen (secondary N) is 1. The van der Waals surface area contributed by atoms with Gasteiger partial charge in [0.25, 0.3) is 0 Å². The number of nitrogens with zero attached hydrogens (tertiary/aromatic N) is 4. The topological polar surface area (TPSA) is 84.0 Å². The molecule has 2 aromatic rings. The van der Waals surface area contributed by atoms with Gasteiger partial charge in [-0.3, -0.25) is 4.79 Å². The quantitative estimate of drug-likeness (QED) is 0.905. The Morgan fingerprint density at radius 2 is 2.22 bits per heavy atom. The summed E-state index contributed by atoms with van der Waals surface area (Å²) in [6.07, 6.45) is 3.24. The standard InChI is InChI=1S/C16H21N5O2/c1-23-14-7-4-12(5-8-14)6-9-15(22)21-10-2-3-13(11-21)16-17-19-20-18-16/h4-5,7-8,13H,2-3,6,9-11H2,1H3,(H,17,18,19,20)/t13-/m0/s1. The molecule has 0 unspecified atom stereocenters. The summed E-state index contributed by atoms with van der Waals surface area (Å²) in [4.78, 5) is 14.4. The van der Waals surface area contributed by atoms with Crippen LogP contribution < -0.4 is 4.74 Å². The second-order valence-corrected chi connectivity index (χ2v) is 5.80. The number of benzene rings is 1. The molecule has 0 saturated carbocycles. The van der Waals surface area contributed by atoms with Crippen molar-refractivity contribution in [3.8, 4) is 5.75 Å². The number of methoxy groups -OCH3 is 1. The first-order valence-electron chi connectivity index (χ1n) is 7.90. The van der Waals surface area contributed by atoms with E-state index in [4.69, 9.17) is 4.74 Å². The Morgan fingerprint density at radius 3 is 2.91 bits per heavy atom. The van der Waals surface area contributed by atoms with E-state index in [1.54, 1.807) is 7.11 Å². The van der Waals surface area contributed by atoms with Crippen molar-refractivity contribution in [3.63, 3.8) is 0 Å². The highest BCUT2D eigenvalue weighted by Gasteiger charge is 2.26. The molecule has 0 bridgehead atoms. The zero-order valence-electron chi connectivity index (χ0n) is 13.2. The molecule has 1 fully saturated rings. The van der Waals surface area contributed by atoms with Gasteiger partial charge in [-0.15, -0.1) is 10.2 Å². The average Bonchev–Trinajstić information content (AvgIpc) is 3.15. The van der Waals surface area contributed by atoms with E-state index in [2.05, 4.69) is 20.6 Å². The Kier molecular flexibility index (Phi) is 4.85. The molecule has 122 valence electrons. The third kappa shape index (κ3) is 3.85. The van der Waals surface area contributed by atoms with Crippen LogP contribution in [0.15, 0.2) is 24.3 Å². The van der Waals surface area contributed by atoms with E-state index in [9.17, 15) is 4.79 Å². The number of aryl methyl sites for hydroxylation is 1. The van der Waals surface area contributed by atoms with Crippen LogP contribution in [-0.2, 0) is 11.2 Å². The molecule has 0 aliphatic carbocycles. The van der Waals surface area contributed by atoms with Gasteiger partial charge in [-0.2, -0.15) is 5.21 Å². The summed E-state index contributed by atoms with van der Waals surface area (Å²) < 4.78 is 5.14. The molecule has 0 radical (unpaired) electrons. The van der Waals surface area contributed by atoms with Crippen LogP contribution in [0.5, 0.6) is 5.75 Å². The summed E-state index contributed by atoms with van der Waals surface area (Å²) in [5.74, 6) is 1.91. The number of carbonyl (C=O) groups excluding carboxylic acids is 1. The van der Waals surface area contributed by atoms with Gasteiger partial charge in [0.15, 0.2) is 5.82 Å². The van der Waals surface area contributed by atoms with Crippen molar-refractivity contribution in [2.45, 2.75) is 31.6 Å². The maximum atomic E-state index is 12.4. The lowest BCUT2D eigenvalue weighted by Gasteiger charge is -2.31. The third-order valence-corrected chi connectivity index (χ3v) is 4.29. The molecule has 23 heavy (non-hydrogen) atoms. The molecule has 1 aromatic carbocycles. The number of piperidine rings is 1. The lowest BCUT2D eigenvalue weighted by atomic mass is 9.97. The molecule has 3 rings (SSSR count). The number of carbonyl (C=O) groups is 1. The number of rotatable bonds is 5. The first-order chi connectivity index (χ1) is 11.3. The predicted molar refractivity (Wildman–Crippen MR) is 84.0 cm³/mol. The van der Waals surface area contributed by atoms with Crippen molar-refractivity contribution in [3.05, 3.63) is 35.7 Å². The Morgan fingerprint density at radius 1 is 1.39 bits per heavy atom. The summed E-state index contributed by atoms with van der Waals surface area (Å²) in [5.41, 5.74) is 1.14. The molecule has 1 aliphatic rings. The molecule has 7 heteroatoms. The van der Waals surface area contributed by atoms with E-state index in [1.165, 1.54) is 0 Å². The van der Waals surface area contributed by atoms with Gasteiger partial charge < -0.3 is 9.64 Å². The molecule has 0 spiro atoms. The van der Waals surface area contributed by atoms with Gasteiger partial charge in [-0.05, 0) is 37.0 Å². The van der Waals surface area contributed by atoms with E-state index >= 15 is 0 Å². The number of ether oxygens (including phenoxy) is 1. The summed E-state index contributed by atoms with van der Waals surface area (Å²) in [7, 11) is 1.65. The highest BCUT2D eigenvalue weighted by molar-refractivity contribution is 5.76. The van der Waals surface area contributed by atoms with Gasteiger partial charge in [0, 0.05) is 25.4 Å². The number of H-pyrrole nitrogens is 1. The fraction of sp³-hybridized carbons (Fsp3) is 0.500. The minimum absolute atomic E-state index is 0.187. The molecule has 1 aliphatic heterocycles. The van der Waals surface area contributed by atoms with Crippen molar-refractivity contribution in [2.24, 2.45) is 0 Å². The number of amides is 1. The smallest absolute Gasteiger partial charge is 0.222 e. The van der Waals surface area contributed by atoms with Gasteiger partial charge in [-0.1, -0.05) is 17.3 Å². The van der Waals surface area contributed by atoms with E-state index in [0.29, 0.717) is 18.8 Å². The summed E-state index contributed by atoms with van der Waals surface area (Å²) in [5, 5.41) is 14.2. The number of aromatic amines is 1. The first-order valence-corrected chi connectivity index (χ1v) is 7.90. The predicted octanol–water partition coefficient (Wildman–Crippen LogP) is 1.55. The Labute approximate surface area is 135 Å². The van der Waals surface area contributed by atoms with Gasteiger partial charge in [0.2, 0.25) is 5.91 Å². The molecule has 1 N–H and O–H groups in total. The Bertz CT molecular complexity index is 626. The molecule has 1 atom stereocenters. The Hall–Kier alpha value is -2.44. The number of hydrogen-bond acceptors (Lipinski definition) is 5. The molecule has 1 amide bonds. The van der Waals surface area contributed by atoms with E-state index < -0.39 is 0 Å². The number of aromatic nitrogens is 4. The lowest BCUT2D eigenvalue weighted by Crippen LogP contribution is -2.39. The maximum absolute atomic E-state index is 12.4. The molecule has 1 aromatic heterocycles. The second-order valence-electron chi connectivity index (χ2n) is 5.80. The van der Waals surface area contributed by atoms with E-state index in [-0.39, 0.29) is 11.8 Å². The molecular weight excluding hydrogens is 294 g/mol. The molecule has 2 heterocycles. The fourth-order valence-corrected chi connectivity index (χ4v) is 2.96. The van der Waals surface area contributed by atoms with Crippen LogP contribution in [0, 0.1) is 0 Å². The zero-order valence-corrected chi connectivity index (χ0v) is 13.2. The molecule has 1 saturated heterocycles. The minimum Gasteiger partial charge on any atom is -0.497 e. The monoisotopic (exact) mass is 315 g/mol. The van der Waals surface area contributed by atoms with Crippen LogP contribution in [0.3, 0.4) is 0 Å². The van der Waals surface area contributed by atoms with Gasteiger partial charge in [-0.25, -0.2) is 0 Å². The third-order valence-electron chi connectivity index (χ3n) is 4.29. The van der Waals surface area contributed by atoms with E-state index in [1.807, 2.05) is 29.2 Å². The first kappa shape index (κ1) is 15.5. The average molecular weight is 315 g/mol. The lowest BCUT2D eigenvalue weighted by molar-refractivity contribution is -0.132. The van der Waals surface area contributed by atoms with Crippen LogP contribution in [0.2, 0.25) is 0 Å². The van der Waals surface area contributed by atoms with Crippen LogP contribution >= 0.6 is 0 Å². The van der Waals surface area contributed by atoms with Crippen molar-refractivity contribution in [2.75, 3.05) is 20.2 Å². The van der Waals surface area contributed by atoms with Crippen LogP contribution in [0.4, 0.5) is 0 Å². The van der Waals surface area contributed by atoms with Crippen LogP contribution in [0.1, 0.15) is 36.6 Å². The highest BCUT2D eigenvalue weighted by atomic mass is 16.5. The summed E-state index contributed by atoms with van der Waals surface area (Å²) in [6.45, 7) is 1.50. The SMILES string of the molecule is COc1ccc(CCC(=O)N2CCC[C@H](c3nn[nH]n3)C2)cc1. The van der Waals surface area contributed by atoms with Crippen LogP contribution in [0.25, 0.3) is 0 Å². The van der Waals surface area contributed by atoms with Gasteiger partial charge in [0.05, 0.1) is 7.11 Å². The normalized spacial score (nSPS) is 18.0. The highest BCUT2D eigenvalue weighted by Crippen LogP contribution is 2.24. The van der Waals surface area contributed by atoms with Crippen LogP contribution in [-0.4, -0.2) is 51.6 Å². The number of hydrogen-bond donors (Lipinski definition) is 1.